The number of halogens is 1. The van der Waals surface area contributed by atoms with E-state index < -0.39 is 0 Å². The molecule has 0 fully saturated rings. The maximum absolute atomic E-state index is 4.47. The molecule has 0 saturated heterocycles. The molecule has 0 saturated carbocycles. The van der Waals surface area contributed by atoms with Crippen molar-refractivity contribution in [1.82, 2.24) is 14.9 Å². The van der Waals surface area contributed by atoms with E-state index in [4.69, 9.17) is 0 Å². The first-order valence-electron chi connectivity index (χ1n) is 6.74. The molecule has 2 aromatic rings. The van der Waals surface area contributed by atoms with Crippen molar-refractivity contribution in [3.8, 4) is 0 Å². The fourth-order valence-corrected chi connectivity index (χ4v) is 2.86. The van der Waals surface area contributed by atoms with Crippen LogP contribution >= 0.6 is 15.9 Å². The van der Waals surface area contributed by atoms with Crippen LogP contribution in [0.3, 0.4) is 0 Å². The number of likely N-dealkylation sites (N-methyl/N-ethyl adjacent to an activating group) is 1. The van der Waals surface area contributed by atoms with Crippen LogP contribution in [-0.2, 0) is 13.0 Å². The molecule has 0 radical (unpaired) electrons. The van der Waals surface area contributed by atoms with E-state index in [1.807, 2.05) is 18.5 Å². The standard InChI is InChI=1S/C15H20BrN3/c1-3-17-14(12-7-5-6-8-13(12)16)11-15-18-9-10-19(15)4-2/h5-10,14,17H,3-4,11H2,1-2H3. The van der Waals surface area contributed by atoms with Crippen LogP contribution in [0, 0.1) is 0 Å². The highest BCUT2D eigenvalue weighted by Gasteiger charge is 2.16. The summed E-state index contributed by atoms with van der Waals surface area (Å²) in [6.45, 7) is 6.19. The van der Waals surface area contributed by atoms with E-state index in [1.165, 1.54) is 5.56 Å². The monoisotopic (exact) mass is 321 g/mol. The van der Waals surface area contributed by atoms with Crippen LogP contribution in [-0.4, -0.2) is 16.1 Å². The van der Waals surface area contributed by atoms with E-state index in [0.29, 0.717) is 0 Å². The third-order valence-electron chi connectivity index (χ3n) is 3.26. The van der Waals surface area contributed by atoms with Gasteiger partial charge in [0.1, 0.15) is 5.82 Å². The summed E-state index contributed by atoms with van der Waals surface area (Å²) in [4.78, 5) is 4.47. The van der Waals surface area contributed by atoms with Crippen molar-refractivity contribution in [2.75, 3.05) is 6.54 Å². The normalized spacial score (nSPS) is 12.6. The largest absolute Gasteiger partial charge is 0.335 e. The van der Waals surface area contributed by atoms with E-state index in [-0.39, 0.29) is 6.04 Å². The maximum atomic E-state index is 4.47. The zero-order chi connectivity index (χ0) is 13.7. The molecule has 1 atom stereocenters. The predicted molar refractivity (Wildman–Crippen MR) is 82.2 cm³/mol. The zero-order valence-electron chi connectivity index (χ0n) is 11.4. The summed E-state index contributed by atoms with van der Waals surface area (Å²) in [6.07, 6.45) is 4.82. The first-order valence-corrected chi connectivity index (χ1v) is 7.53. The summed E-state index contributed by atoms with van der Waals surface area (Å²) in [5.74, 6) is 1.13. The molecule has 1 heterocycles. The van der Waals surface area contributed by atoms with E-state index >= 15 is 0 Å². The van der Waals surface area contributed by atoms with Crippen LogP contribution in [0.4, 0.5) is 0 Å². The van der Waals surface area contributed by atoms with Gasteiger partial charge in [-0.05, 0) is 25.1 Å². The Morgan fingerprint density at radius 2 is 2.11 bits per heavy atom. The molecule has 3 nitrogen and oxygen atoms in total. The topological polar surface area (TPSA) is 29.9 Å². The lowest BCUT2D eigenvalue weighted by Gasteiger charge is -2.20. The highest BCUT2D eigenvalue weighted by atomic mass is 79.9. The smallest absolute Gasteiger partial charge is 0.110 e. The van der Waals surface area contributed by atoms with E-state index in [9.17, 15) is 0 Å². The minimum absolute atomic E-state index is 0.285. The van der Waals surface area contributed by atoms with Crippen LogP contribution < -0.4 is 5.32 Å². The molecule has 102 valence electrons. The van der Waals surface area contributed by atoms with Gasteiger partial charge in [-0.25, -0.2) is 4.98 Å². The van der Waals surface area contributed by atoms with Crippen molar-refractivity contribution in [2.45, 2.75) is 32.9 Å². The third kappa shape index (κ3) is 3.45. The summed E-state index contributed by atoms with van der Waals surface area (Å²) in [6, 6.07) is 8.66. The average Bonchev–Trinajstić information content (AvgIpc) is 2.86. The first-order chi connectivity index (χ1) is 9.26. The first kappa shape index (κ1) is 14.3. The highest BCUT2D eigenvalue weighted by molar-refractivity contribution is 9.10. The molecular weight excluding hydrogens is 302 g/mol. The third-order valence-corrected chi connectivity index (χ3v) is 3.98. The molecule has 2 rings (SSSR count). The lowest BCUT2D eigenvalue weighted by atomic mass is 10.0. The van der Waals surface area contributed by atoms with Gasteiger partial charge in [0, 0.05) is 35.9 Å². The Hall–Kier alpha value is -1.13. The molecule has 0 aliphatic rings. The van der Waals surface area contributed by atoms with E-state index in [2.05, 4.69) is 62.8 Å². The molecule has 0 amide bonds. The van der Waals surface area contributed by atoms with E-state index in [1.54, 1.807) is 0 Å². The molecule has 0 aliphatic heterocycles. The molecule has 0 bridgehead atoms. The molecule has 1 N–H and O–H groups in total. The number of hydrogen-bond donors (Lipinski definition) is 1. The van der Waals surface area contributed by atoms with Crippen LogP contribution in [0.25, 0.3) is 0 Å². The molecule has 1 aromatic heterocycles. The minimum Gasteiger partial charge on any atom is -0.335 e. The van der Waals surface area contributed by atoms with Crippen molar-refractivity contribution in [1.29, 1.82) is 0 Å². The number of nitrogens with zero attached hydrogens (tertiary/aromatic N) is 2. The number of imidazole rings is 1. The Kier molecular flexibility index (Phi) is 5.16. The second-order valence-corrected chi connectivity index (χ2v) is 5.32. The quantitative estimate of drug-likeness (QED) is 0.881. The fourth-order valence-electron chi connectivity index (χ4n) is 2.30. The molecule has 19 heavy (non-hydrogen) atoms. The molecule has 0 aliphatic carbocycles. The summed E-state index contributed by atoms with van der Waals surface area (Å²) >= 11 is 3.64. The summed E-state index contributed by atoms with van der Waals surface area (Å²) < 4.78 is 3.34. The predicted octanol–water partition coefficient (Wildman–Crippen LogP) is 3.56. The lowest BCUT2D eigenvalue weighted by molar-refractivity contribution is 0.520. The Labute approximate surface area is 123 Å². The van der Waals surface area contributed by atoms with Crippen LogP contribution in [0.2, 0.25) is 0 Å². The van der Waals surface area contributed by atoms with E-state index in [0.717, 1.165) is 29.8 Å². The van der Waals surface area contributed by atoms with Crippen LogP contribution in [0.1, 0.15) is 31.3 Å². The number of benzene rings is 1. The number of hydrogen-bond acceptors (Lipinski definition) is 2. The Balaban J connectivity index is 2.24. The van der Waals surface area contributed by atoms with Crippen molar-refractivity contribution >= 4 is 15.9 Å². The molecule has 1 unspecified atom stereocenters. The highest BCUT2D eigenvalue weighted by Crippen LogP contribution is 2.25. The van der Waals surface area contributed by atoms with Gasteiger partial charge in [-0.1, -0.05) is 41.1 Å². The Bertz CT molecular complexity index is 522. The molecular formula is C15H20BrN3. The summed E-state index contributed by atoms with van der Waals surface area (Å²) in [5, 5.41) is 3.55. The van der Waals surface area contributed by atoms with Gasteiger partial charge in [0.15, 0.2) is 0 Å². The van der Waals surface area contributed by atoms with Crippen molar-refractivity contribution in [3.63, 3.8) is 0 Å². The average molecular weight is 322 g/mol. The van der Waals surface area contributed by atoms with Gasteiger partial charge in [0.25, 0.3) is 0 Å². The summed E-state index contributed by atoms with van der Waals surface area (Å²) in [5.41, 5.74) is 1.29. The number of nitrogens with one attached hydrogen (secondary N) is 1. The number of aryl methyl sites for hydroxylation is 1. The van der Waals surface area contributed by atoms with Crippen molar-refractivity contribution in [3.05, 3.63) is 52.5 Å². The van der Waals surface area contributed by atoms with Gasteiger partial charge in [-0.15, -0.1) is 0 Å². The summed E-state index contributed by atoms with van der Waals surface area (Å²) in [7, 11) is 0. The van der Waals surface area contributed by atoms with Gasteiger partial charge in [0.2, 0.25) is 0 Å². The molecule has 4 heteroatoms. The Morgan fingerprint density at radius 3 is 2.79 bits per heavy atom. The zero-order valence-corrected chi connectivity index (χ0v) is 13.0. The number of aromatic nitrogens is 2. The van der Waals surface area contributed by atoms with Crippen molar-refractivity contribution in [2.24, 2.45) is 0 Å². The Morgan fingerprint density at radius 1 is 1.32 bits per heavy atom. The lowest BCUT2D eigenvalue weighted by Crippen LogP contribution is -2.24. The molecule has 1 aromatic carbocycles. The van der Waals surface area contributed by atoms with Crippen LogP contribution in [0.15, 0.2) is 41.1 Å². The van der Waals surface area contributed by atoms with Gasteiger partial charge >= 0.3 is 0 Å². The van der Waals surface area contributed by atoms with Gasteiger partial charge in [-0.3, -0.25) is 0 Å². The maximum Gasteiger partial charge on any atom is 0.110 e. The van der Waals surface area contributed by atoms with Gasteiger partial charge in [0.05, 0.1) is 0 Å². The second-order valence-electron chi connectivity index (χ2n) is 4.47. The molecule has 0 spiro atoms. The van der Waals surface area contributed by atoms with Crippen LogP contribution in [0.5, 0.6) is 0 Å². The fraction of sp³-hybridized carbons (Fsp3) is 0.400. The minimum atomic E-state index is 0.285. The van der Waals surface area contributed by atoms with Crippen molar-refractivity contribution < 1.29 is 0 Å². The second kappa shape index (κ2) is 6.87. The SMILES string of the molecule is CCNC(Cc1nccn1CC)c1ccccc1Br. The van der Waals surface area contributed by atoms with Gasteiger partial charge < -0.3 is 9.88 Å². The van der Waals surface area contributed by atoms with Gasteiger partial charge in [-0.2, -0.15) is 0 Å². The number of rotatable bonds is 6.